The maximum Gasteiger partial charge on any atom is 0.0632 e. The second-order valence-corrected chi connectivity index (χ2v) is 5.08. The highest BCUT2D eigenvalue weighted by Crippen LogP contribution is 2.26. The number of hydrogen-bond donors (Lipinski definition) is 0. The first kappa shape index (κ1) is 8.63. The van der Waals surface area contributed by atoms with Gasteiger partial charge in [-0.15, -0.1) is 0 Å². The number of rotatable bonds is 1. The predicted octanol–water partition coefficient (Wildman–Crippen LogP) is 2.71. The Labute approximate surface area is 84.8 Å². The molecule has 1 saturated heterocycles. The largest absolute Gasteiger partial charge is 0.268 e. The minimum absolute atomic E-state index is 0.620. The first-order valence-corrected chi connectivity index (χ1v) is 6.08. The number of thioether (sulfide) groups is 1. The van der Waals surface area contributed by atoms with E-state index in [4.69, 9.17) is 0 Å². The van der Waals surface area contributed by atoms with Crippen molar-refractivity contribution >= 4 is 27.7 Å². The van der Waals surface area contributed by atoms with Gasteiger partial charge in [0.1, 0.15) is 0 Å². The summed E-state index contributed by atoms with van der Waals surface area (Å²) in [6.45, 7) is 0. The highest BCUT2D eigenvalue weighted by Gasteiger charge is 2.15. The fourth-order valence-corrected chi connectivity index (χ4v) is 2.88. The van der Waals surface area contributed by atoms with Crippen LogP contribution >= 0.6 is 27.7 Å². The molecular weight excluding hydrogens is 236 g/mol. The molecule has 1 aliphatic rings. The summed E-state index contributed by atoms with van der Waals surface area (Å²) in [5.41, 5.74) is 0. The maximum atomic E-state index is 4.30. The molecule has 1 fully saturated rings. The van der Waals surface area contributed by atoms with Crippen molar-refractivity contribution in [3.63, 3.8) is 0 Å². The lowest BCUT2D eigenvalue weighted by molar-refractivity contribution is 0.454. The van der Waals surface area contributed by atoms with E-state index in [0.29, 0.717) is 6.04 Å². The lowest BCUT2D eigenvalue weighted by Gasteiger charge is -2.21. The molecule has 1 unspecified atom stereocenters. The topological polar surface area (TPSA) is 17.8 Å². The van der Waals surface area contributed by atoms with E-state index in [-0.39, 0.29) is 0 Å². The van der Waals surface area contributed by atoms with Crippen LogP contribution in [0.3, 0.4) is 0 Å². The summed E-state index contributed by atoms with van der Waals surface area (Å²) in [6, 6.07) is 0.620. The second-order valence-electron chi connectivity index (χ2n) is 3.01. The molecule has 0 spiro atoms. The summed E-state index contributed by atoms with van der Waals surface area (Å²) in [6.07, 6.45) is 6.53. The van der Waals surface area contributed by atoms with Gasteiger partial charge in [0.25, 0.3) is 0 Å². The molecule has 1 atom stereocenters. The molecule has 66 valence electrons. The SMILES string of the molecule is Brc1cnn(C2CCCSC2)c1. The molecule has 2 rings (SSSR count). The van der Waals surface area contributed by atoms with E-state index in [1.54, 1.807) is 0 Å². The molecule has 4 heteroatoms. The minimum atomic E-state index is 0.620. The Hall–Kier alpha value is 0.0400. The first-order valence-electron chi connectivity index (χ1n) is 4.13. The van der Waals surface area contributed by atoms with Crippen molar-refractivity contribution in [3.05, 3.63) is 16.9 Å². The van der Waals surface area contributed by atoms with Gasteiger partial charge in [0.2, 0.25) is 0 Å². The van der Waals surface area contributed by atoms with Crippen molar-refractivity contribution in [2.45, 2.75) is 18.9 Å². The molecule has 12 heavy (non-hydrogen) atoms. The van der Waals surface area contributed by atoms with Crippen molar-refractivity contribution in [1.82, 2.24) is 9.78 Å². The van der Waals surface area contributed by atoms with Gasteiger partial charge in [0.15, 0.2) is 0 Å². The third kappa shape index (κ3) is 1.85. The second kappa shape index (κ2) is 3.83. The normalized spacial score (nSPS) is 24.2. The lowest BCUT2D eigenvalue weighted by atomic mass is 10.2. The zero-order chi connectivity index (χ0) is 8.39. The Morgan fingerprint density at radius 2 is 2.58 bits per heavy atom. The summed E-state index contributed by atoms with van der Waals surface area (Å²) < 4.78 is 3.16. The van der Waals surface area contributed by atoms with Crippen LogP contribution in [0.4, 0.5) is 0 Å². The van der Waals surface area contributed by atoms with Gasteiger partial charge in [-0.3, -0.25) is 4.68 Å². The molecule has 0 aromatic carbocycles. The van der Waals surface area contributed by atoms with Gasteiger partial charge >= 0.3 is 0 Å². The Kier molecular flexibility index (Phi) is 2.76. The van der Waals surface area contributed by atoms with E-state index in [0.717, 1.165) is 4.47 Å². The molecule has 1 aliphatic heterocycles. The van der Waals surface area contributed by atoms with Crippen molar-refractivity contribution in [2.75, 3.05) is 11.5 Å². The van der Waals surface area contributed by atoms with Crippen LogP contribution in [0.5, 0.6) is 0 Å². The molecule has 1 aromatic rings. The summed E-state index contributed by atoms with van der Waals surface area (Å²) in [4.78, 5) is 0. The van der Waals surface area contributed by atoms with Crippen LogP contribution in [-0.4, -0.2) is 21.3 Å². The van der Waals surface area contributed by atoms with Crippen LogP contribution in [0, 0.1) is 0 Å². The predicted molar refractivity (Wildman–Crippen MR) is 55.5 cm³/mol. The van der Waals surface area contributed by atoms with Gasteiger partial charge in [-0.05, 0) is 34.5 Å². The van der Waals surface area contributed by atoms with Gasteiger partial charge < -0.3 is 0 Å². The zero-order valence-electron chi connectivity index (χ0n) is 6.74. The lowest BCUT2D eigenvalue weighted by Crippen LogP contribution is -2.16. The van der Waals surface area contributed by atoms with Crippen molar-refractivity contribution in [3.8, 4) is 0 Å². The smallest absolute Gasteiger partial charge is 0.0632 e. The van der Waals surface area contributed by atoms with Crippen molar-refractivity contribution in [2.24, 2.45) is 0 Å². The first-order chi connectivity index (χ1) is 5.86. The van der Waals surface area contributed by atoms with Crippen molar-refractivity contribution < 1.29 is 0 Å². The third-order valence-electron chi connectivity index (χ3n) is 2.08. The monoisotopic (exact) mass is 246 g/mol. The minimum Gasteiger partial charge on any atom is -0.268 e. The Morgan fingerprint density at radius 3 is 3.17 bits per heavy atom. The van der Waals surface area contributed by atoms with Gasteiger partial charge in [0, 0.05) is 11.9 Å². The average molecular weight is 247 g/mol. The molecule has 1 aromatic heterocycles. The molecule has 2 nitrogen and oxygen atoms in total. The van der Waals surface area contributed by atoms with Crippen LogP contribution in [0.25, 0.3) is 0 Å². The van der Waals surface area contributed by atoms with E-state index in [9.17, 15) is 0 Å². The molecule has 0 N–H and O–H groups in total. The molecular formula is C8H11BrN2S. The molecule has 0 bridgehead atoms. The molecule has 0 radical (unpaired) electrons. The maximum absolute atomic E-state index is 4.30. The van der Waals surface area contributed by atoms with E-state index in [2.05, 4.69) is 31.9 Å². The van der Waals surface area contributed by atoms with Crippen LogP contribution in [0.1, 0.15) is 18.9 Å². The standard InChI is InChI=1S/C8H11BrN2S/c9-7-4-10-11(5-7)8-2-1-3-12-6-8/h4-5,8H,1-3,6H2. The third-order valence-corrected chi connectivity index (χ3v) is 3.69. The number of hydrogen-bond acceptors (Lipinski definition) is 2. The molecule has 0 amide bonds. The Balaban J connectivity index is 2.08. The van der Waals surface area contributed by atoms with Crippen molar-refractivity contribution in [1.29, 1.82) is 0 Å². The average Bonchev–Trinajstić information content (AvgIpc) is 2.54. The summed E-state index contributed by atoms with van der Waals surface area (Å²) in [5.74, 6) is 2.53. The van der Waals surface area contributed by atoms with E-state index < -0.39 is 0 Å². The number of halogens is 1. The highest BCUT2D eigenvalue weighted by molar-refractivity contribution is 9.10. The highest BCUT2D eigenvalue weighted by atomic mass is 79.9. The molecule has 0 aliphatic carbocycles. The van der Waals surface area contributed by atoms with Gasteiger partial charge in [-0.25, -0.2) is 0 Å². The van der Waals surface area contributed by atoms with E-state index >= 15 is 0 Å². The van der Waals surface area contributed by atoms with Gasteiger partial charge in [-0.2, -0.15) is 16.9 Å². The van der Waals surface area contributed by atoms with Crippen LogP contribution in [0.2, 0.25) is 0 Å². The zero-order valence-corrected chi connectivity index (χ0v) is 9.14. The van der Waals surface area contributed by atoms with Crippen LogP contribution < -0.4 is 0 Å². The quantitative estimate of drug-likeness (QED) is 0.759. The van der Waals surface area contributed by atoms with Crippen LogP contribution in [-0.2, 0) is 0 Å². The number of nitrogens with zero attached hydrogens (tertiary/aromatic N) is 2. The fraction of sp³-hybridized carbons (Fsp3) is 0.625. The van der Waals surface area contributed by atoms with Crippen LogP contribution in [0.15, 0.2) is 16.9 Å². The van der Waals surface area contributed by atoms with Gasteiger partial charge in [0.05, 0.1) is 16.7 Å². The summed E-state index contributed by atoms with van der Waals surface area (Å²) >= 11 is 5.44. The van der Waals surface area contributed by atoms with E-state index in [1.165, 1.54) is 24.3 Å². The fourth-order valence-electron chi connectivity index (χ4n) is 1.45. The summed E-state index contributed by atoms with van der Waals surface area (Å²) in [7, 11) is 0. The Morgan fingerprint density at radius 1 is 1.67 bits per heavy atom. The summed E-state index contributed by atoms with van der Waals surface area (Å²) in [5, 5.41) is 4.30. The van der Waals surface area contributed by atoms with Gasteiger partial charge in [-0.1, -0.05) is 0 Å². The van der Waals surface area contributed by atoms with E-state index in [1.807, 2.05) is 18.0 Å². The molecule has 2 heterocycles. The molecule has 0 saturated carbocycles. The number of aromatic nitrogens is 2. The Bertz CT molecular complexity index is 255.